The summed E-state index contributed by atoms with van der Waals surface area (Å²) in [6, 6.07) is 9.95. The number of carbonyl (C=O) groups excluding carboxylic acids is 3. The minimum Gasteiger partial charge on any atom is -0.480 e. The van der Waals surface area contributed by atoms with Gasteiger partial charge in [0.25, 0.3) is 5.91 Å². The van der Waals surface area contributed by atoms with Crippen LogP contribution in [0.3, 0.4) is 0 Å². The van der Waals surface area contributed by atoms with E-state index in [0.29, 0.717) is 11.3 Å². The van der Waals surface area contributed by atoms with Crippen LogP contribution in [0.15, 0.2) is 42.5 Å². The van der Waals surface area contributed by atoms with E-state index in [-0.39, 0.29) is 16.6 Å². The molecule has 0 saturated carbocycles. The zero-order valence-corrected chi connectivity index (χ0v) is 15.4. The highest BCUT2D eigenvalue weighted by Crippen LogP contribution is 2.24. The van der Waals surface area contributed by atoms with Crippen LogP contribution >= 0.6 is 11.6 Å². The van der Waals surface area contributed by atoms with Crippen LogP contribution in [0.4, 0.5) is 10.1 Å². The van der Waals surface area contributed by atoms with Gasteiger partial charge in [-0.3, -0.25) is 9.59 Å². The van der Waals surface area contributed by atoms with Crippen molar-refractivity contribution in [3.05, 3.63) is 58.9 Å². The van der Waals surface area contributed by atoms with Crippen molar-refractivity contribution in [1.82, 2.24) is 0 Å². The lowest BCUT2D eigenvalue weighted by Gasteiger charge is -2.15. The lowest BCUT2D eigenvalue weighted by atomic mass is 10.1. The standard InChI is InChI=1S/C19H17ClFNO5/c1-11(23)14-5-3-4-6-16(14)22-19(25)12(2)27-18(24)10-26-17-8-7-13(21)9-15(17)20/h3-9,12H,10H2,1-2H3,(H,22,25)/t12-/m0/s1. The van der Waals surface area contributed by atoms with E-state index in [2.05, 4.69) is 5.32 Å². The molecular weight excluding hydrogens is 377 g/mol. The van der Waals surface area contributed by atoms with Gasteiger partial charge < -0.3 is 14.8 Å². The van der Waals surface area contributed by atoms with E-state index in [1.807, 2.05) is 0 Å². The number of Topliss-reactive ketones (excluding diaryl/α,β-unsaturated/α-hetero) is 1. The first-order valence-electron chi connectivity index (χ1n) is 7.96. The van der Waals surface area contributed by atoms with E-state index < -0.39 is 30.4 Å². The van der Waals surface area contributed by atoms with Gasteiger partial charge in [-0.05, 0) is 44.2 Å². The molecule has 0 aromatic heterocycles. The van der Waals surface area contributed by atoms with Crippen LogP contribution in [0, 0.1) is 5.82 Å². The van der Waals surface area contributed by atoms with Crippen molar-refractivity contribution < 1.29 is 28.2 Å². The number of benzene rings is 2. The Morgan fingerprint density at radius 3 is 2.56 bits per heavy atom. The monoisotopic (exact) mass is 393 g/mol. The van der Waals surface area contributed by atoms with Gasteiger partial charge in [0.1, 0.15) is 11.6 Å². The van der Waals surface area contributed by atoms with E-state index in [0.717, 1.165) is 12.1 Å². The Morgan fingerprint density at radius 1 is 1.19 bits per heavy atom. The molecule has 2 rings (SSSR count). The summed E-state index contributed by atoms with van der Waals surface area (Å²) in [6.07, 6.45) is -1.12. The van der Waals surface area contributed by atoms with Gasteiger partial charge >= 0.3 is 5.97 Å². The smallest absolute Gasteiger partial charge is 0.344 e. The number of hydrogen-bond donors (Lipinski definition) is 1. The fourth-order valence-corrected chi connectivity index (χ4v) is 2.37. The number of amides is 1. The van der Waals surface area contributed by atoms with Gasteiger partial charge in [0.05, 0.1) is 10.7 Å². The summed E-state index contributed by atoms with van der Waals surface area (Å²) >= 11 is 5.79. The Morgan fingerprint density at radius 2 is 1.89 bits per heavy atom. The average molecular weight is 394 g/mol. The molecule has 0 spiro atoms. The Bertz CT molecular complexity index is 871. The molecule has 0 saturated heterocycles. The largest absolute Gasteiger partial charge is 0.480 e. The van der Waals surface area contributed by atoms with E-state index in [1.54, 1.807) is 24.3 Å². The lowest BCUT2D eigenvalue weighted by molar-refractivity contribution is -0.155. The molecule has 0 unspecified atom stereocenters. The SMILES string of the molecule is CC(=O)c1ccccc1NC(=O)[C@H](C)OC(=O)COc1ccc(F)cc1Cl. The maximum absolute atomic E-state index is 13.0. The summed E-state index contributed by atoms with van der Waals surface area (Å²) in [5.74, 6) is -2.04. The third-order valence-corrected chi connectivity index (χ3v) is 3.78. The summed E-state index contributed by atoms with van der Waals surface area (Å²) in [5, 5.41) is 2.55. The second-order valence-electron chi connectivity index (χ2n) is 5.59. The first kappa shape index (κ1) is 20.4. The molecule has 0 aliphatic carbocycles. The van der Waals surface area contributed by atoms with Gasteiger partial charge in [-0.1, -0.05) is 23.7 Å². The van der Waals surface area contributed by atoms with E-state index in [1.165, 1.54) is 19.9 Å². The second-order valence-corrected chi connectivity index (χ2v) is 5.99. The van der Waals surface area contributed by atoms with Crippen LogP contribution in [0.2, 0.25) is 5.02 Å². The molecule has 0 radical (unpaired) electrons. The molecule has 1 N–H and O–H groups in total. The summed E-state index contributed by atoms with van der Waals surface area (Å²) in [7, 11) is 0. The van der Waals surface area contributed by atoms with Gasteiger partial charge in [-0.25, -0.2) is 9.18 Å². The fourth-order valence-electron chi connectivity index (χ4n) is 2.15. The highest BCUT2D eigenvalue weighted by Gasteiger charge is 2.20. The first-order chi connectivity index (χ1) is 12.8. The molecule has 27 heavy (non-hydrogen) atoms. The van der Waals surface area contributed by atoms with Gasteiger partial charge in [-0.15, -0.1) is 0 Å². The molecule has 2 aromatic rings. The third-order valence-electron chi connectivity index (χ3n) is 3.48. The number of ether oxygens (including phenoxy) is 2. The number of esters is 1. The molecule has 0 bridgehead atoms. The number of para-hydroxylation sites is 1. The quantitative estimate of drug-likeness (QED) is 0.573. The lowest BCUT2D eigenvalue weighted by Crippen LogP contribution is -2.32. The number of nitrogens with one attached hydrogen (secondary N) is 1. The van der Waals surface area contributed by atoms with Crippen molar-refractivity contribution in [3.63, 3.8) is 0 Å². The van der Waals surface area contributed by atoms with Crippen LogP contribution in [0.5, 0.6) is 5.75 Å². The van der Waals surface area contributed by atoms with Crippen LogP contribution in [0.1, 0.15) is 24.2 Å². The minimum absolute atomic E-state index is 0.00873. The summed E-state index contributed by atoms with van der Waals surface area (Å²) in [6.45, 7) is 2.26. The molecule has 8 heteroatoms. The number of ketones is 1. The van der Waals surface area contributed by atoms with Crippen molar-refractivity contribution >= 4 is 34.9 Å². The molecule has 0 heterocycles. The molecule has 2 aromatic carbocycles. The van der Waals surface area contributed by atoms with Gasteiger partial charge in [0, 0.05) is 5.56 Å². The van der Waals surface area contributed by atoms with Crippen molar-refractivity contribution in [2.24, 2.45) is 0 Å². The zero-order valence-electron chi connectivity index (χ0n) is 14.6. The van der Waals surface area contributed by atoms with Gasteiger partial charge in [-0.2, -0.15) is 0 Å². The maximum Gasteiger partial charge on any atom is 0.344 e. The van der Waals surface area contributed by atoms with Gasteiger partial charge in [0.15, 0.2) is 18.5 Å². The molecule has 0 fully saturated rings. The Balaban J connectivity index is 1.90. The molecule has 6 nitrogen and oxygen atoms in total. The molecule has 0 aliphatic heterocycles. The van der Waals surface area contributed by atoms with E-state index in [4.69, 9.17) is 21.1 Å². The van der Waals surface area contributed by atoms with Crippen molar-refractivity contribution in [1.29, 1.82) is 0 Å². The summed E-state index contributed by atoms with van der Waals surface area (Å²) in [5.41, 5.74) is 0.672. The van der Waals surface area contributed by atoms with Crippen molar-refractivity contribution in [2.45, 2.75) is 20.0 Å². The number of hydrogen-bond acceptors (Lipinski definition) is 5. The Labute approximate surface area is 160 Å². The summed E-state index contributed by atoms with van der Waals surface area (Å²) < 4.78 is 23.1. The van der Waals surface area contributed by atoms with Crippen LogP contribution in [0.25, 0.3) is 0 Å². The molecule has 1 amide bonds. The number of rotatable bonds is 7. The predicted molar refractivity (Wildman–Crippen MR) is 97.5 cm³/mol. The first-order valence-corrected chi connectivity index (χ1v) is 8.34. The average Bonchev–Trinajstić information content (AvgIpc) is 2.61. The third kappa shape index (κ3) is 5.79. The molecule has 0 aliphatic rings. The highest BCUT2D eigenvalue weighted by atomic mass is 35.5. The van der Waals surface area contributed by atoms with Crippen molar-refractivity contribution in [3.8, 4) is 5.75 Å². The summed E-state index contributed by atoms with van der Waals surface area (Å²) in [4.78, 5) is 35.6. The molecule has 142 valence electrons. The van der Waals surface area contributed by atoms with Crippen LogP contribution in [-0.4, -0.2) is 30.4 Å². The molecular formula is C19H17ClFNO5. The van der Waals surface area contributed by atoms with Crippen LogP contribution in [-0.2, 0) is 14.3 Å². The highest BCUT2D eigenvalue weighted by molar-refractivity contribution is 6.32. The normalized spacial score (nSPS) is 11.4. The van der Waals surface area contributed by atoms with Gasteiger partial charge in [0.2, 0.25) is 0 Å². The maximum atomic E-state index is 13.0. The number of halogens is 2. The van der Waals surface area contributed by atoms with E-state index >= 15 is 0 Å². The molecule has 1 atom stereocenters. The van der Waals surface area contributed by atoms with E-state index in [9.17, 15) is 18.8 Å². The number of carbonyl (C=O) groups is 3. The Kier molecular flexibility index (Phi) is 6.90. The number of anilines is 1. The Hall–Kier alpha value is -2.93. The van der Waals surface area contributed by atoms with Crippen molar-refractivity contribution in [2.75, 3.05) is 11.9 Å². The fraction of sp³-hybridized carbons (Fsp3) is 0.211. The topological polar surface area (TPSA) is 81.7 Å². The second kappa shape index (κ2) is 9.14. The minimum atomic E-state index is -1.12. The predicted octanol–water partition coefficient (Wildman–Crippen LogP) is 3.63. The van der Waals surface area contributed by atoms with Crippen LogP contribution < -0.4 is 10.1 Å². The zero-order chi connectivity index (χ0) is 20.0.